The Morgan fingerprint density at radius 3 is 2.86 bits per heavy atom. The predicted octanol–water partition coefficient (Wildman–Crippen LogP) is 2.52. The SMILES string of the molecule is CSc1nc(-c2ccccc2OCCCCN2CCOCC2)c(C#N)c(=O)[nH]1. The number of hydrogen-bond donors (Lipinski definition) is 1. The first-order valence-electron chi connectivity index (χ1n) is 9.33. The van der Waals surface area contributed by atoms with Crippen molar-refractivity contribution in [2.24, 2.45) is 0 Å². The van der Waals surface area contributed by atoms with Crippen LogP contribution in [-0.2, 0) is 4.74 Å². The highest BCUT2D eigenvalue weighted by atomic mass is 32.2. The number of H-pyrrole nitrogens is 1. The largest absolute Gasteiger partial charge is 0.493 e. The van der Waals surface area contributed by atoms with Crippen molar-refractivity contribution in [1.82, 2.24) is 14.9 Å². The van der Waals surface area contributed by atoms with Crippen LogP contribution in [0.25, 0.3) is 11.3 Å². The van der Waals surface area contributed by atoms with Crippen LogP contribution in [-0.4, -0.2) is 60.6 Å². The van der Waals surface area contributed by atoms with Gasteiger partial charge in [0.1, 0.15) is 23.1 Å². The van der Waals surface area contributed by atoms with Gasteiger partial charge in [0, 0.05) is 18.7 Å². The lowest BCUT2D eigenvalue weighted by atomic mass is 10.1. The zero-order valence-electron chi connectivity index (χ0n) is 15.9. The summed E-state index contributed by atoms with van der Waals surface area (Å²) >= 11 is 1.32. The molecule has 1 aliphatic rings. The summed E-state index contributed by atoms with van der Waals surface area (Å²) in [5.41, 5.74) is 0.589. The quantitative estimate of drug-likeness (QED) is 0.414. The molecule has 0 saturated carbocycles. The normalized spacial score (nSPS) is 14.6. The minimum absolute atomic E-state index is 0.00108. The Bertz CT molecular complexity index is 888. The molecule has 0 spiro atoms. The van der Waals surface area contributed by atoms with Crippen LogP contribution in [0.1, 0.15) is 18.4 Å². The Hall–Kier alpha value is -2.34. The first-order valence-corrected chi connectivity index (χ1v) is 10.6. The fourth-order valence-corrected chi connectivity index (χ4v) is 3.46. The van der Waals surface area contributed by atoms with E-state index in [0.29, 0.717) is 28.8 Å². The van der Waals surface area contributed by atoms with E-state index in [-0.39, 0.29) is 5.56 Å². The van der Waals surface area contributed by atoms with Crippen molar-refractivity contribution in [1.29, 1.82) is 5.26 Å². The molecule has 0 atom stereocenters. The first kappa shape index (κ1) is 20.4. The van der Waals surface area contributed by atoms with Gasteiger partial charge in [0.25, 0.3) is 5.56 Å². The maximum atomic E-state index is 12.2. The van der Waals surface area contributed by atoms with Crippen LogP contribution >= 0.6 is 11.8 Å². The van der Waals surface area contributed by atoms with Crippen LogP contribution in [0.15, 0.2) is 34.2 Å². The van der Waals surface area contributed by atoms with E-state index in [1.54, 1.807) is 0 Å². The van der Waals surface area contributed by atoms with E-state index >= 15 is 0 Å². The number of nitriles is 1. The number of para-hydroxylation sites is 1. The maximum Gasteiger partial charge on any atom is 0.270 e. The summed E-state index contributed by atoms with van der Waals surface area (Å²) in [6.45, 7) is 5.22. The number of nitrogens with one attached hydrogen (secondary N) is 1. The first-order chi connectivity index (χ1) is 13.7. The number of aromatic nitrogens is 2. The van der Waals surface area contributed by atoms with Crippen molar-refractivity contribution < 1.29 is 9.47 Å². The molecule has 28 heavy (non-hydrogen) atoms. The Morgan fingerprint density at radius 1 is 1.32 bits per heavy atom. The van der Waals surface area contributed by atoms with E-state index in [0.717, 1.165) is 45.7 Å². The van der Waals surface area contributed by atoms with E-state index in [9.17, 15) is 10.1 Å². The number of benzene rings is 1. The smallest absolute Gasteiger partial charge is 0.270 e. The second-order valence-electron chi connectivity index (χ2n) is 6.42. The average Bonchev–Trinajstić information content (AvgIpc) is 2.74. The van der Waals surface area contributed by atoms with Crippen LogP contribution in [0.3, 0.4) is 0 Å². The number of nitrogens with zero attached hydrogens (tertiary/aromatic N) is 3. The number of aromatic amines is 1. The minimum atomic E-state index is -0.433. The van der Waals surface area contributed by atoms with Crippen LogP contribution in [0.2, 0.25) is 0 Å². The fraction of sp³-hybridized carbons (Fsp3) is 0.450. The topological polar surface area (TPSA) is 91.2 Å². The highest BCUT2D eigenvalue weighted by Crippen LogP contribution is 2.30. The Labute approximate surface area is 168 Å². The fourth-order valence-electron chi connectivity index (χ4n) is 3.08. The molecule has 0 radical (unpaired) electrons. The lowest BCUT2D eigenvalue weighted by Crippen LogP contribution is -2.36. The highest BCUT2D eigenvalue weighted by Gasteiger charge is 2.17. The highest BCUT2D eigenvalue weighted by molar-refractivity contribution is 7.98. The summed E-state index contributed by atoms with van der Waals surface area (Å²) in [6.07, 6.45) is 3.80. The third-order valence-corrected chi connectivity index (χ3v) is 5.16. The summed E-state index contributed by atoms with van der Waals surface area (Å²) in [4.78, 5) is 21.7. The standard InChI is InChI=1S/C20H24N4O3S/c1-28-20-22-18(16(14-21)19(25)23-20)15-6-2-3-7-17(15)27-11-5-4-8-24-9-12-26-13-10-24/h2-3,6-7H,4-5,8-13H2,1H3,(H,22,23,25). The van der Waals surface area contributed by atoms with E-state index < -0.39 is 5.56 Å². The lowest BCUT2D eigenvalue weighted by Gasteiger charge is -2.26. The van der Waals surface area contributed by atoms with Crippen molar-refractivity contribution in [3.63, 3.8) is 0 Å². The molecule has 0 bridgehead atoms. The minimum Gasteiger partial charge on any atom is -0.493 e. The van der Waals surface area contributed by atoms with Gasteiger partial charge in [0.2, 0.25) is 0 Å². The van der Waals surface area contributed by atoms with E-state index in [4.69, 9.17) is 9.47 Å². The van der Waals surface area contributed by atoms with Crippen molar-refractivity contribution in [3.8, 4) is 23.1 Å². The lowest BCUT2D eigenvalue weighted by molar-refractivity contribution is 0.0368. The van der Waals surface area contributed by atoms with Crippen molar-refractivity contribution in [2.45, 2.75) is 18.0 Å². The summed E-state index contributed by atoms with van der Waals surface area (Å²) in [5, 5.41) is 9.89. The van der Waals surface area contributed by atoms with Gasteiger partial charge in [0.05, 0.1) is 19.8 Å². The summed E-state index contributed by atoms with van der Waals surface area (Å²) in [6, 6.07) is 9.37. The number of thioether (sulfide) groups is 1. The van der Waals surface area contributed by atoms with Gasteiger partial charge in [-0.1, -0.05) is 23.9 Å². The third kappa shape index (κ3) is 5.13. The predicted molar refractivity (Wildman–Crippen MR) is 109 cm³/mol. The molecule has 1 saturated heterocycles. The molecule has 3 rings (SSSR count). The molecule has 1 aliphatic heterocycles. The molecule has 8 heteroatoms. The van der Waals surface area contributed by atoms with Crippen molar-refractivity contribution >= 4 is 11.8 Å². The van der Waals surface area contributed by atoms with Crippen molar-refractivity contribution in [3.05, 3.63) is 40.2 Å². The molecule has 7 nitrogen and oxygen atoms in total. The van der Waals surface area contributed by atoms with Gasteiger partial charge in [0.15, 0.2) is 5.16 Å². The van der Waals surface area contributed by atoms with Gasteiger partial charge >= 0.3 is 0 Å². The Kier molecular flexibility index (Phi) is 7.48. The van der Waals surface area contributed by atoms with E-state index in [1.807, 2.05) is 36.6 Å². The number of ether oxygens (including phenoxy) is 2. The summed E-state index contributed by atoms with van der Waals surface area (Å²) < 4.78 is 11.3. The van der Waals surface area contributed by atoms with Crippen LogP contribution in [0.5, 0.6) is 5.75 Å². The van der Waals surface area contributed by atoms with Gasteiger partial charge in [-0.05, 0) is 37.8 Å². The average molecular weight is 401 g/mol. The molecular weight excluding hydrogens is 376 g/mol. The zero-order chi connectivity index (χ0) is 19.8. The molecule has 0 amide bonds. The molecule has 0 unspecified atom stereocenters. The third-order valence-electron chi connectivity index (χ3n) is 4.57. The second-order valence-corrected chi connectivity index (χ2v) is 7.21. The number of morpholine rings is 1. The van der Waals surface area contributed by atoms with Crippen LogP contribution < -0.4 is 10.3 Å². The van der Waals surface area contributed by atoms with Crippen LogP contribution in [0, 0.1) is 11.3 Å². The zero-order valence-corrected chi connectivity index (χ0v) is 16.8. The van der Waals surface area contributed by atoms with Gasteiger partial charge < -0.3 is 14.5 Å². The van der Waals surface area contributed by atoms with E-state index in [2.05, 4.69) is 14.9 Å². The molecule has 148 valence electrons. The summed E-state index contributed by atoms with van der Waals surface area (Å²) in [7, 11) is 0. The van der Waals surface area contributed by atoms with Gasteiger partial charge in [-0.25, -0.2) is 4.98 Å². The summed E-state index contributed by atoms with van der Waals surface area (Å²) in [5.74, 6) is 0.635. The molecule has 1 aromatic carbocycles. The molecule has 0 aliphatic carbocycles. The molecule has 2 heterocycles. The molecule has 1 fully saturated rings. The number of rotatable bonds is 8. The van der Waals surface area contributed by atoms with E-state index in [1.165, 1.54) is 11.8 Å². The van der Waals surface area contributed by atoms with Gasteiger partial charge in [-0.2, -0.15) is 5.26 Å². The maximum absolute atomic E-state index is 12.2. The van der Waals surface area contributed by atoms with Gasteiger partial charge in [-0.15, -0.1) is 0 Å². The second kappa shape index (κ2) is 10.3. The molecular formula is C20H24N4O3S. The number of unbranched alkanes of at least 4 members (excludes halogenated alkanes) is 1. The molecule has 2 aromatic rings. The van der Waals surface area contributed by atoms with Crippen LogP contribution in [0.4, 0.5) is 0 Å². The number of hydrogen-bond acceptors (Lipinski definition) is 7. The Morgan fingerprint density at radius 2 is 2.11 bits per heavy atom. The van der Waals surface area contributed by atoms with Crippen molar-refractivity contribution in [2.75, 3.05) is 45.7 Å². The van der Waals surface area contributed by atoms with Gasteiger partial charge in [-0.3, -0.25) is 9.69 Å². The monoisotopic (exact) mass is 400 g/mol. The molecule has 1 N–H and O–H groups in total. The molecule has 1 aromatic heterocycles. The Balaban J connectivity index is 1.67.